The van der Waals surface area contributed by atoms with Gasteiger partial charge in [-0.1, -0.05) is 0 Å². The van der Waals surface area contributed by atoms with Gasteiger partial charge < -0.3 is 10.2 Å². The summed E-state index contributed by atoms with van der Waals surface area (Å²) in [6, 6.07) is -0.0934. The van der Waals surface area contributed by atoms with Crippen molar-refractivity contribution in [2.24, 2.45) is 5.92 Å². The van der Waals surface area contributed by atoms with Gasteiger partial charge in [-0.15, -0.1) is 0 Å². The Kier molecular flexibility index (Phi) is 3.99. The van der Waals surface area contributed by atoms with Crippen molar-refractivity contribution in [1.29, 1.82) is 0 Å². The molecule has 3 atom stereocenters. The van der Waals surface area contributed by atoms with E-state index in [-0.39, 0.29) is 23.8 Å². The lowest BCUT2D eigenvalue weighted by atomic mass is 9.93. The van der Waals surface area contributed by atoms with Gasteiger partial charge in [0.15, 0.2) is 0 Å². The van der Waals surface area contributed by atoms with Gasteiger partial charge in [0, 0.05) is 41.8 Å². The molecule has 0 radical (unpaired) electrons. The summed E-state index contributed by atoms with van der Waals surface area (Å²) in [5.74, 6) is 0.637. The summed E-state index contributed by atoms with van der Waals surface area (Å²) < 4.78 is 11.4. The maximum atomic E-state index is 12.7. The first kappa shape index (κ1) is 14.5. The first-order chi connectivity index (χ1) is 8.84. The van der Waals surface area contributed by atoms with Crippen LogP contribution in [0.5, 0.6) is 0 Å². The Morgan fingerprint density at radius 2 is 2.11 bits per heavy atom. The summed E-state index contributed by atoms with van der Waals surface area (Å²) in [5.41, 5.74) is -0.767. The molecular weight excluding hydrogens is 264 g/mol. The fraction of sp³-hybridized carbons (Fsp3) is 0.846. The van der Waals surface area contributed by atoms with Crippen LogP contribution in [-0.4, -0.2) is 51.1 Å². The highest BCUT2D eigenvalue weighted by Crippen LogP contribution is 2.41. The first-order valence-corrected chi connectivity index (χ1v) is 8.49. The third kappa shape index (κ3) is 2.99. The molecule has 0 aromatic rings. The molecule has 0 spiro atoms. The molecule has 2 rings (SSSR count). The van der Waals surface area contributed by atoms with Crippen LogP contribution in [-0.2, 0) is 20.4 Å². The lowest BCUT2D eigenvalue weighted by molar-refractivity contribution is -0.140. The summed E-state index contributed by atoms with van der Waals surface area (Å²) in [7, 11) is -0.946. The van der Waals surface area contributed by atoms with Crippen molar-refractivity contribution in [2.45, 2.75) is 44.7 Å². The molecule has 19 heavy (non-hydrogen) atoms. The number of amides is 2. The van der Waals surface area contributed by atoms with E-state index in [2.05, 4.69) is 5.32 Å². The van der Waals surface area contributed by atoms with Crippen LogP contribution in [0.15, 0.2) is 0 Å². The van der Waals surface area contributed by atoms with E-state index < -0.39 is 16.3 Å². The number of rotatable bonds is 4. The number of hydrogen-bond acceptors (Lipinski definition) is 3. The van der Waals surface area contributed by atoms with Gasteiger partial charge in [0.1, 0.15) is 5.54 Å². The molecule has 2 amide bonds. The zero-order chi connectivity index (χ0) is 14.2. The Balaban J connectivity index is 2.21. The third-order valence-corrected chi connectivity index (χ3v) is 5.04. The van der Waals surface area contributed by atoms with Crippen molar-refractivity contribution in [1.82, 2.24) is 10.2 Å². The van der Waals surface area contributed by atoms with Gasteiger partial charge in [-0.05, 0) is 32.6 Å². The van der Waals surface area contributed by atoms with Gasteiger partial charge in [-0.25, -0.2) is 0 Å². The molecule has 5 nitrogen and oxygen atoms in total. The van der Waals surface area contributed by atoms with Gasteiger partial charge in [0.25, 0.3) is 0 Å². The van der Waals surface area contributed by atoms with Crippen molar-refractivity contribution in [3.8, 4) is 0 Å². The van der Waals surface area contributed by atoms with Crippen molar-refractivity contribution >= 4 is 22.6 Å². The number of carbonyl (C=O) groups excluding carboxylic acids is 2. The Morgan fingerprint density at radius 3 is 2.63 bits per heavy atom. The molecule has 2 fully saturated rings. The van der Waals surface area contributed by atoms with Crippen LogP contribution >= 0.6 is 0 Å². The van der Waals surface area contributed by atoms with E-state index in [0.29, 0.717) is 18.7 Å². The second-order valence-corrected chi connectivity index (χ2v) is 7.34. The van der Waals surface area contributed by atoms with Gasteiger partial charge in [-0.3, -0.25) is 13.8 Å². The molecule has 0 aromatic carbocycles. The van der Waals surface area contributed by atoms with E-state index in [1.807, 2.05) is 13.8 Å². The predicted octanol–water partition coefficient (Wildman–Crippen LogP) is 0.271. The van der Waals surface area contributed by atoms with Gasteiger partial charge in [0.05, 0.1) is 0 Å². The molecule has 108 valence electrons. The number of carbonyl (C=O) groups is 2. The van der Waals surface area contributed by atoms with E-state index in [9.17, 15) is 13.8 Å². The van der Waals surface area contributed by atoms with Gasteiger partial charge >= 0.3 is 0 Å². The molecule has 2 aliphatic rings. The summed E-state index contributed by atoms with van der Waals surface area (Å²) in [4.78, 5) is 26.3. The third-order valence-electron chi connectivity index (χ3n) is 4.09. The molecule has 0 bridgehead atoms. The predicted molar refractivity (Wildman–Crippen MR) is 74.0 cm³/mol. The van der Waals surface area contributed by atoms with Gasteiger partial charge in [0.2, 0.25) is 11.8 Å². The summed E-state index contributed by atoms with van der Waals surface area (Å²) in [5, 5.41) is 2.90. The maximum Gasteiger partial charge on any atom is 0.248 e. The highest BCUT2D eigenvalue weighted by molar-refractivity contribution is 7.84. The van der Waals surface area contributed by atoms with E-state index in [0.717, 1.165) is 12.8 Å². The zero-order valence-corrected chi connectivity index (χ0v) is 12.6. The SMILES string of the molecule is CC(CS(C)=O)N1CCC(=O)NC(C)(C2CC2)C1=O. The lowest BCUT2D eigenvalue weighted by Crippen LogP contribution is -2.58. The van der Waals surface area contributed by atoms with Crippen molar-refractivity contribution < 1.29 is 13.8 Å². The molecular formula is C13H22N2O3S. The van der Waals surface area contributed by atoms with Crippen LogP contribution < -0.4 is 5.32 Å². The van der Waals surface area contributed by atoms with E-state index in [1.54, 1.807) is 11.2 Å². The minimum atomic E-state index is -0.946. The van der Waals surface area contributed by atoms with Crippen LogP contribution in [0.2, 0.25) is 0 Å². The average Bonchev–Trinajstić information content (AvgIpc) is 3.10. The number of nitrogens with one attached hydrogen (secondary N) is 1. The molecule has 1 aliphatic carbocycles. The Morgan fingerprint density at radius 1 is 1.47 bits per heavy atom. The quantitative estimate of drug-likeness (QED) is 0.807. The van der Waals surface area contributed by atoms with Crippen LogP contribution in [0.1, 0.15) is 33.1 Å². The monoisotopic (exact) mass is 286 g/mol. The minimum absolute atomic E-state index is 0.0150. The molecule has 1 heterocycles. The van der Waals surface area contributed by atoms with Crippen molar-refractivity contribution in [3.63, 3.8) is 0 Å². The molecule has 6 heteroatoms. The Bertz CT molecular complexity index is 422. The maximum absolute atomic E-state index is 12.7. The van der Waals surface area contributed by atoms with Crippen LogP contribution in [0.4, 0.5) is 0 Å². The van der Waals surface area contributed by atoms with Crippen molar-refractivity contribution in [3.05, 3.63) is 0 Å². The summed E-state index contributed by atoms with van der Waals surface area (Å²) in [6.45, 7) is 4.16. The highest BCUT2D eigenvalue weighted by Gasteiger charge is 2.51. The van der Waals surface area contributed by atoms with Gasteiger partial charge in [-0.2, -0.15) is 0 Å². The second-order valence-electron chi connectivity index (χ2n) is 5.86. The Hall–Kier alpha value is -0.910. The summed E-state index contributed by atoms with van der Waals surface area (Å²) in [6.07, 6.45) is 3.95. The minimum Gasteiger partial charge on any atom is -0.342 e. The molecule has 1 saturated carbocycles. The standard InChI is InChI=1S/C13H22N2O3S/c1-9(8-19(3)18)15-7-6-11(16)14-13(2,12(15)17)10-4-5-10/h9-10H,4-8H2,1-3H3,(H,14,16). The average molecular weight is 286 g/mol. The zero-order valence-electron chi connectivity index (χ0n) is 11.8. The largest absolute Gasteiger partial charge is 0.342 e. The van der Waals surface area contributed by atoms with Crippen molar-refractivity contribution in [2.75, 3.05) is 18.6 Å². The topological polar surface area (TPSA) is 66.5 Å². The first-order valence-electron chi connectivity index (χ1n) is 6.76. The van der Waals surface area contributed by atoms with E-state index in [1.165, 1.54) is 0 Å². The molecule has 1 N–H and O–H groups in total. The lowest BCUT2D eigenvalue weighted by Gasteiger charge is -2.35. The van der Waals surface area contributed by atoms with E-state index >= 15 is 0 Å². The second kappa shape index (κ2) is 5.23. The fourth-order valence-electron chi connectivity index (χ4n) is 2.82. The van der Waals surface area contributed by atoms with E-state index in [4.69, 9.17) is 0 Å². The van der Waals surface area contributed by atoms with Crippen LogP contribution in [0.3, 0.4) is 0 Å². The molecule has 3 unspecified atom stereocenters. The van der Waals surface area contributed by atoms with Crippen LogP contribution in [0.25, 0.3) is 0 Å². The summed E-state index contributed by atoms with van der Waals surface area (Å²) >= 11 is 0. The normalized spacial score (nSPS) is 31.6. The number of hydrogen-bond donors (Lipinski definition) is 1. The fourth-order valence-corrected chi connectivity index (χ4v) is 3.67. The number of nitrogens with zero attached hydrogens (tertiary/aromatic N) is 1. The molecule has 1 saturated heterocycles. The van der Waals surface area contributed by atoms with Crippen LogP contribution in [0, 0.1) is 5.92 Å². The Labute approximate surface area is 116 Å². The highest BCUT2D eigenvalue weighted by atomic mass is 32.2. The smallest absolute Gasteiger partial charge is 0.248 e. The molecule has 1 aliphatic heterocycles. The molecule has 0 aromatic heterocycles.